The highest BCUT2D eigenvalue weighted by molar-refractivity contribution is 5.40. The predicted octanol–water partition coefficient (Wildman–Crippen LogP) is 1.40. The third-order valence-electron chi connectivity index (χ3n) is 1.90. The number of allylic oxidation sites excluding steroid dienone is 2. The zero-order valence-corrected chi connectivity index (χ0v) is 7.38. The van der Waals surface area contributed by atoms with Gasteiger partial charge in [-0.05, 0) is 11.6 Å². The summed E-state index contributed by atoms with van der Waals surface area (Å²) >= 11 is 0. The van der Waals surface area contributed by atoms with Gasteiger partial charge in [0.15, 0.2) is 0 Å². The van der Waals surface area contributed by atoms with Crippen molar-refractivity contribution in [3.05, 3.63) is 48.4 Å². The van der Waals surface area contributed by atoms with Gasteiger partial charge >= 0.3 is 0 Å². The first-order valence-electron chi connectivity index (χ1n) is 3.84. The highest BCUT2D eigenvalue weighted by Crippen LogP contribution is 2.12. The van der Waals surface area contributed by atoms with Crippen molar-refractivity contribution in [1.29, 1.82) is 0 Å². The molecular formula is C10H14N2. The maximum atomic E-state index is 5.57. The molecule has 12 heavy (non-hydrogen) atoms. The first-order valence-corrected chi connectivity index (χ1v) is 3.84. The van der Waals surface area contributed by atoms with Crippen LogP contribution in [-0.2, 0) is 0 Å². The van der Waals surface area contributed by atoms with Gasteiger partial charge in [0, 0.05) is 25.0 Å². The number of nitrogens with two attached hydrogens (primary N) is 1. The topological polar surface area (TPSA) is 29.3 Å². The van der Waals surface area contributed by atoms with Crippen LogP contribution in [0.1, 0.15) is 0 Å². The molecule has 2 N–H and O–H groups in total. The van der Waals surface area contributed by atoms with Gasteiger partial charge in [-0.15, -0.1) is 0 Å². The minimum absolute atomic E-state index is 0.606. The van der Waals surface area contributed by atoms with Gasteiger partial charge in [0.25, 0.3) is 0 Å². The summed E-state index contributed by atoms with van der Waals surface area (Å²) < 4.78 is 0. The summed E-state index contributed by atoms with van der Waals surface area (Å²) in [4.78, 5) is 2.05. The molecule has 1 rings (SSSR count). The van der Waals surface area contributed by atoms with Crippen molar-refractivity contribution >= 4 is 0 Å². The summed E-state index contributed by atoms with van der Waals surface area (Å²) in [5.74, 6) is 0. The maximum absolute atomic E-state index is 5.57. The van der Waals surface area contributed by atoms with Crippen LogP contribution >= 0.6 is 0 Å². The summed E-state index contributed by atoms with van der Waals surface area (Å²) in [6, 6.07) is 0. The molecule has 0 saturated carbocycles. The summed E-state index contributed by atoms with van der Waals surface area (Å²) in [5, 5.41) is 0. The van der Waals surface area contributed by atoms with Crippen LogP contribution < -0.4 is 5.73 Å². The van der Waals surface area contributed by atoms with Crippen molar-refractivity contribution in [2.75, 3.05) is 13.6 Å². The Morgan fingerprint density at radius 2 is 2.25 bits per heavy atom. The highest BCUT2D eigenvalue weighted by Gasteiger charge is 2.03. The van der Waals surface area contributed by atoms with Crippen molar-refractivity contribution in [3.63, 3.8) is 0 Å². The van der Waals surface area contributed by atoms with E-state index in [4.69, 9.17) is 5.73 Å². The highest BCUT2D eigenvalue weighted by atomic mass is 15.1. The largest absolute Gasteiger partial charge is 0.399 e. The van der Waals surface area contributed by atoms with E-state index in [1.165, 1.54) is 0 Å². The Labute approximate surface area is 73.4 Å². The Morgan fingerprint density at radius 1 is 1.58 bits per heavy atom. The third kappa shape index (κ3) is 1.78. The molecule has 0 saturated heterocycles. The van der Waals surface area contributed by atoms with E-state index in [2.05, 4.69) is 13.2 Å². The Balaban J connectivity index is 2.87. The van der Waals surface area contributed by atoms with E-state index in [-0.39, 0.29) is 0 Å². The number of rotatable bonds is 1. The van der Waals surface area contributed by atoms with E-state index >= 15 is 0 Å². The second kappa shape index (κ2) is 3.30. The lowest BCUT2D eigenvalue weighted by Crippen LogP contribution is -2.14. The zero-order chi connectivity index (χ0) is 9.14. The standard InChI is InChI=1S/C10H14N2/c1-8-4-5-10(9(2)11)6-7-12(8)3/h4-6H,1-2,7,11H2,3H3. The molecule has 0 aromatic heterocycles. The van der Waals surface area contributed by atoms with Crippen LogP contribution in [0, 0.1) is 0 Å². The summed E-state index contributed by atoms with van der Waals surface area (Å²) in [7, 11) is 1.99. The molecule has 0 amide bonds. The Morgan fingerprint density at radius 3 is 2.83 bits per heavy atom. The lowest BCUT2D eigenvalue weighted by molar-refractivity contribution is 0.483. The van der Waals surface area contributed by atoms with Crippen LogP contribution in [0.5, 0.6) is 0 Å². The Bertz CT molecular complexity index is 272. The smallest absolute Gasteiger partial charge is 0.0365 e. The molecule has 0 bridgehead atoms. The molecule has 0 aliphatic carbocycles. The fourth-order valence-electron chi connectivity index (χ4n) is 0.972. The van der Waals surface area contributed by atoms with Crippen LogP contribution in [0.15, 0.2) is 48.4 Å². The van der Waals surface area contributed by atoms with Crippen molar-refractivity contribution in [1.82, 2.24) is 4.90 Å². The number of hydrogen-bond donors (Lipinski definition) is 1. The summed E-state index contributed by atoms with van der Waals surface area (Å²) in [5.41, 5.74) is 8.15. The molecule has 64 valence electrons. The molecular weight excluding hydrogens is 148 g/mol. The minimum Gasteiger partial charge on any atom is -0.399 e. The molecule has 0 radical (unpaired) electrons. The predicted molar refractivity (Wildman–Crippen MR) is 52.3 cm³/mol. The van der Waals surface area contributed by atoms with Crippen LogP contribution in [0.2, 0.25) is 0 Å². The zero-order valence-electron chi connectivity index (χ0n) is 7.38. The Kier molecular flexibility index (Phi) is 2.38. The van der Waals surface area contributed by atoms with Crippen LogP contribution in [0.4, 0.5) is 0 Å². The van der Waals surface area contributed by atoms with Gasteiger partial charge in [-0.2, -0.15) is 0 Å². The molecule has 2 nitrogen and oxygen atoms in total. The summed E-state index contributed by atoms with van der Waals surface area (Å²) in [6.45, 7) is 8.40. The molecule has 0 spiro atoms. The second-order valence-corrected chi connectivity index (χ2v) is 2.89. The molecule has 0 aromatic rings. The normalized spacial score (nSPS) is 17.2. The quantitative estimate of drug-likeness (QED) is 0.631. The summed E-state index contributed by atoms with van der Waals surface area (Å²) in [6.07, 6.45) is 5.92. The van der Waals surface area contributed by atoms with Crippen molar-refractivity contribution < 1.29 is 0 Å². The average molecular weight is 162 g/mol. The monoisotopic (exact) mass is 162 g/mol. The van der Waals surface area contributed by atoms with E-state index in [0.717, 1.165) is 17.8 Å². The van der Waals surface area contributed by atoms with Gasteiger partial charge in [0.2, 0.25) is 0 Å². The SMILES string of the molecule is C=C(N)C1=CCN(C)C(=C)C=C1. The van der Waals surface area contributed by atoms with E-state index < -0.39 is 0 Å². The van der Waals surface area contributed by atoms with Crippen LogP contribution in [0.3, 0.4) is 0 Å². The molecule has 0 atom stereocenters. The van der Waals surface area contributed by atoms with Gasteiger partial charge in [0.1, 0.15) is 0 Å². The first kappa shape index (κ1) is 8.65. The molecule has 1 heterocycles. The molecule has 1 aliphatic heterocycles. The van der Waals surface area contributed by atoms with Gasteiger partial charge in [-0.3, -0.25) is 0 Å². The maximum Gasteiger partial charge on any atom is 0.0365 e. The molecule has 0 fully saturated rings. The van der Waals surface area contributed by atoms with Crippen LogP contribution in [-0.4, -0.2) is 18.5 Å². The number of likely N-dealkylation sites (N-methyl/N-ethyl adjacent to an activating group) is 1. The average Bonchev–Trinajstić information content (AvgIpc) is 2.16. The van der Waals surface area contributed by atoms with Gasteiger partial charge in [0.05, 0.1) is 0 Å². The minimum atomic E-state index is 0.606. The Hall–Kier alpha value is -1.44. The van der Waals surface area contributed by atoms with E-state index in [1.807, 2.05) is 30.2 Å². The number of hydrogen-bond acceptors (Lipinski definition) is 2. The van der Waals surface area contributed by atoms with Crippen LogP contribution in [0.25, 0.3) is 0 Å². The number of nitrogens with zero attached hydrogens (tertiary/aromatic N) is 1. The van der Waals surface area contributed by atoms with Gasteiger partial charge < -0.3 is 10.6 Å². The van der Waals surface area contributed by atoms with Gasteiger partial charge in [-0.25, -0.2) is 0 Å². The fraction of sp³-hybridized carbons (Fsp3) is 0.200. The molecule has 0 unspecified atom stereocenters. The molecule has 0 aromatic carbocycles. The van der Waals surface area contributed by atoms with Crippen molar-refractivity contribution in [2.24, 2.45) is 5.73 Å². The van der Waals surface area contributed by atoms with Crippen molar-refractivity contribution in [3.8, 4) is 0 Å². The van der Waals surface area contributed by atoms with Gasteiger partial charge in [-0.1, -0.05) is 25.3 Å². The fourth-order valence-corrected chi connectivity index (χ4v) is 0.972. The molecule has 1 aliphatic rings. The lowest BCUT2D eigenvalue weighted by atomic mass is 10.2. The lowest BCUT2D eigenvalue weighted by Gasteiger charge is -2.15. The first-order chi connectivity index (χ1) is 5.61. The van der Waals surface area contributed by atoms with Crippen molar-refractivity contribution in [2.45, 2.75) is 0 Å². The van der Waals surface area contributed by atoms with E-state index in [9.17, 15) is 0 Å². The van der Waals surface area contributed by atoms with E-state index in [1.54, 1.807) is 0 Å². The third-order valence-corrected chi connectivity index (χ3v) is 1.90. The second-order valence-electron chi connectivity index (χ2n) is 2.89. The molecule has 2 heteroatoms. The van der Waals surface area contributed by atoms with E-state index in [0.29, 0.717) is 5.70 Å².